The van der Waals surface area contributed by atoms with Gasteiger partial charge in [-0.1, -0.05) is 66.7 Å². The van der Waals surface area contributed by atoms with E-state index >= 15 is 0 Å². The van der Waals surface area contributed by atoms with Crippen LogP contribution < -0.4 is 0 Å². The summed E-state index contributed by atoms with van der Waals surface area (Å²) in [6.45, 7) is 12.5. The largest absolute Gasteiger partial charge is 0.0654 e. The fourth-order valence-electron chi connectivity index (χ4n) is 6.28. The molecule has 124 valence electrons. The number of hydrogen-bond acceptors (Lipinski definition) is 0. The minimum absolute atomic E-state index is 0.560. The topological polar surface area (TPSA) is 0 Å². The Morgan fingerprint density at radius 2 is 1.67 bits per heavy atom. The maximum Gasteiger partial charge on any atom is -0.0208 e. The molecule has 0 aromatic rings. The zero-order valence-electron chi connectivity index (χ0n) is 15.5. The van der Waals surface area contributed by atoms with E-state index in [1.807, 2.05) is 0 Å². The molecule has 0 spiro atoms. The molecule has 0 bridgehead atoms. The van der Waals surface area contributed by atoms with Crippen molar-refractivity contribution in [2.45, 2.75) is 105 Å². The van der Waals surface area contributed by atoms with Crippen molar-refractivity contribution in [3.63, 3.8) is 0 Å². The van der Waals surface area contributed by atoms with Crippen LogP contribution in [-0.2, 0) is 0 Å². The molecule has 0 radical (unpaired) electrons. The molecule has 2 fully saturated rings. The van der Waals surface area contributed by atoms with E-state index in [9.17, 15) is 0 Å². The second-order valence-corrected chi connectivity index (χ2v) is 8.82. The standard InChI is InChI=1S/C21H40/c1-6-9-16-20(4,5)19-14-13-17(8-3)21(19,15-7-2)18-11-10-12-18/h17-19H,6-16H2,1-5H3. The quantitative estimate of drug-likeness (QED) is 0.443. The highest BCUT2D eigenvalue weighted by Gasteiger charge is 2.57. The molecular weight excluding hydrogens is 252 g/mol. The Kier molecular flexibility index (Phi) is 5.83. The average Bonchev–Trinajstić information content (AvgIpc) is 2.74. The predicted octanol–water partition coefficient (Wildman–Crippen LogP) is 7.23. The van der Waals surface area contributed by atoms with E-state index in [1.165, 1.54) is 70.6 Å². The highest BCUT2D eigenvalue weighted by molar-refractivity contribution is 5.06. The molecule has 0 aromatic carbocycles. The molecule has 0 heteroatoms. The van der Waals surface area contributed by atoms with Crippen molar-refractivity contribution in [3.05, 3.63) is 0 Å². The summed E-state index contributed by atoms with van der Waals surface area (Å²) in [5, 5.41) is 0. The van der Waals surface area contributed by atoms with Gasteiger partial charge < -0.3 is 0 Å². The van der Waals surface area contributed by atoms with Gasteiger partial charge in [-0.3, -0.25) is 0 Å². The molecule has 0 N–H and O–H groups in total. The number of unbranched alkanes of at least 4 members (excludes halogenated alkanes) is 1. The van der Waals surface area contributed by atoms with Gasteiger partial charge >= 0.3 is 0 Å². The second-order valence-electron chi connectivity index (χ2n) is 8.82. The van der Waals surface area contributed by atoms with Crippen LogP contribution in [0.1, 0.15) is 105 Å². The summed E-state index contributed by atoms with van der Waals surface area (Å²) in [7, 11) is 0. The Hall–Kier alpha value is 0. The molecule has 2 saturated carbocycles. The maximum absolute atomic E-state index is 2.61. The normalized spacial score (nSPS) is 34.1. The first-order valence-corrected chi connectivity index (χ1v) is 10.0. The highest BCUT2D eigenvalue weighted by atomic mass is 14.6. The summed E-state index contributed by atoms with van der Waals surface area (Å²) in [6, 6.07) is 0. The Labute approximate surface area is 134 Å². The van der Waals surface area contributed by atoms with Gasteiger partial charge in [0.2, 0.25) is 0 Å². The summed E-state index contributed by atoms with van der Waals surface area (Å²) in [5.74, 6) is 3.08. The molecule has 0 aromatic heterocycles. The van der Waals surface area contributed by atoms with Gasteiger partial charge in [-0.25, -0.2) is 0 Å². The van der Waals surface area contributed by atoms with Gasteiger partial charge in [0.25, 0.3) is 0 Å². The summed E-state index contributed by atoms with van der Waals surface area (Å²) in [4.78, 5) is 0. The van der Waals surface area contributed by atoms with Crippen molar-refractivity contribution in [3.8, 4) is 0 Å². The van der Waals surface area contributed by atoms with Crippen molar-refractivity contribution >= 4 is 0 Å². The smallest absolute Gasteiger partial charge is 0.0208 e. The van der Waals surface area contributed by atoms with E-state index in [1.54, 1.807) is 0 Å². The Bertz CT molecular complexity index is 312. The summed E-state index contributed by atoms with van der Waals surface area (Å²) >= 11 is 0. The predicted molar refractivity (Wildman–Crippen MR) is 94.5 cm³/mol. The lowest BCUT2D eigenvalue weighted by atomic mass is 9.50. The third-order valence-corrected chi connectivity index (χ3v) is 7.37. The van der Waals surface area contributed by atoms with E-state index in [4.69, 9.17) is 0 Å². The number of rotatable bonds is 8. The molecular formula is C21H40. The molecule has 0 amide bonds. The van der Waals surface area contributed by atoms with Crippen LogP contribution in [0.25, 0.3) is 0 Å². The van der Waals surface area contributed by atoms with Gasteiger partial charge in [-0.05, 0) is 67.1 Å². The minimum atomic E-state index is 0.560. The molecule has 2 aliphatic rings. The average molecular weight is 293 g/mol. The van der Waals surface area contributed by atoms with Crippen LogP contribution >= 0.6 is 0 Å². The van der Waals surface area contributed by atoms with E-state index in [-0.39, 0.29) is 0 Å². The Morgan fingerprint density at radius 3 is 2.14 bits per heavy atom. The van der Waals surface area contributed by atoms with Crippen LogP contribution in [0, 0.1) is 28.6 Å². The summed E-state index contributed by atoms with van der Waals surface area (Å²) < 4.78 is 0. The molecule has 3 unspecified atom stereocenters. The summed E-state index contributed by atoms with van der Waals surface area (Å²) in [6.07, 6.45) is 16.2. The fourth-order valence-corrected chi connectivity index (χ4v) is 6.28. The van der Waals surface area contributed by atoms with Crippen LogP contribution in [0.4, 0.5) is 0 Å². The van der Waals surface area contributed by atoms with Crippen LogP contribution in [0.3, 0.4) is 0 Å². The first kappa shape index (κ1) is 17.4. The van der Waals surface area contributed by atoms with Gasteiger partial charge in [-0.2, -0.15) is 0 Å². The van der Waals surface area contributed by atoms with Gasteiger partial charge in [-0.15, -0.1) is 0 Å². The lowest BCUT2D eigenvalue weighted by Crippen LogP contribution is -2.47. The zero-order valence-corrected chi connectivity index (χ0v) is 15.5. The van der Waals surface area contributed by atoms with E-state index in [0.717, 1.165) is 17.8 Å². The Balaban J connectivity index is 2.28. The molecule has 0 saturated heterocycles. The monoisotopic (exact) mass is 292 g/mol. The molecule has 0 heterocycles. The highest BCUT2D eigenvalue weighted by Crippen LogP contribution is 2.66. The van der Waals surface area contributed by atoms with Crippen LogP contribution in [0.15, 0.2) is 0 Å². The third-order valence-electron chi connectivity index (χ3n) is 7.37. The van der Waals surface area contributed by atoms with Crippen molar-refractivity contribution in [2.24, 2.45) is 28.6 Å². The second kappa shape index (κ2) is 7.05. The van der Waals surface area contributed by atoms with Crippen molar-refractivity contribution in [1.29, 1.82) is 0 Å². The molecule has 2 aliphatic carbocycles. The lowest BCUT2D eigenvalue weighted by molar-refractivity contribution is -0.0587. The maximum atomic E-state index is 2.61. The van der Waals surface area contributed by atoms with Gasteiger partial charge in [0.1, 0.15) is 0 Å². The summed E-state index contributed by atoms with van der Waals surface area (Å²) in [5.41, 5.74) is 1.27. The van der Waals surface area contributed by atoms with Crippen molar-refractivity contribution in [1.82, 2.24) is 0 Å². The minimum Gasteiger partial charge on any atom is -0.0654 e. The zero-order chi connectivity index (χ0) is 15.5. The van der Waals surface area contributed by atoms with Gasteiger partial charge in [0.05, 0.1) is 0 Å². The molecule has 21 heavy (non-hydrogen) atoms. The lowest BCUT2D eigenvalue weighted by Gasteiger charge is -2.55. The van der Waals surface area contributed by atoms with Crippen molar-refractivity contribution < 1.29 is 0 Å². The molecule has 2 rings (SSSR count). The van der Waals surface area contributed by atoms with E-state index in [0.29, 0.717) is 10.8 Å². The third kappa shape index (κ3) is 3.06. The van der Waals surface area contributed by atoms with Crippen LogP contribution in [0.2, 0.25) is 0 Å². The number of hydrogen-bond donors (Lipinski definition) is 0. The van der Waals surface area contributed by atoms with Gasteiger partial charge in [0.15, 0.2) is 0 Å². The van der Waals surface area contributed by atoms with Crippen molar-refractivity contribution in [2.75, 3.05) is 0 Å². The molecule has 0 nitrogen and oxygen atoms in total. The first-order valence-electron chi connectivity index (χ1n) is 10.0. The van der Waals surface area contributed by atoms with Crippen LogP contribution in [-0.4, -0.2) is 0 Å². The molecule has 3 atom stereocenters. The molecule has 0 aliphatic heterocycles. The van der Waals surface area contributed by atoms with E-state index in [2.05, 4.69) is 34.6 Å². The Morgan fingerprint density at radius 1 is 0.952 bits per heavy atom. The first-order chi connectivity index (χ1) is 10.0. The van der Waals surface area contributed by atoms with Gasteiger partial charge in [0, 0.05) is 0 Å². The fraction of sp³-hybridized carbons (Fsp3) is 1.00. The van der Waals surface area contributed by atoms with Crippen LogP contribution in [0.5, 0.6) is 0 Å². The van der Waals surface area contributed by atoms with E-state index < -0.39 is 0 Å². The SMILES string of the molecule is CCCCC(C)(C)C1CCC(CC)C1(CCC)C1CCC1.